The molecule has 0 bridgehead atoms. The normalized spacial score (nSPS) is 22.5. The average molecular weight is 331 g/mol. The third-order valence-corrected chi connectivity index (χ3v) is 4.78. The van der Waals surface area contributed by atoms with Crippen molar-refractivity contribution in [1.82, 2.24) is 14.7 Å². The predicted octanol–water partition coefficient (Wildman–Crippen LogP) is 0.751. The number of ether oxygens (including phenoxy) is 1. The van der Waals surface area contributed by atoms with Crippen molar-refractivity contribution in [1.29, 1.82) is 0 Å². The number of amides is 2. The first kappa shape index (κ1) is 16.9. The van der Waals surface area contributed by atoms with E-state index in [1.165, 1.54) is 0 Å². The van der Waals surface area contributed by atoms with E-state index in [0.717, 1.165) is 12.1 Å². The molecule has 2 amide bonds. The molecule has 0 N–H and O–H groups in total. The minimum Gasteiger partial charge on any atom is -0.378 e. The number of carbonyl (C=O) groups excluding carboxylic acids is 2. The zero-order valence-electron chi connectivity index (χ0n) is 14.2. The van der Waals surface area contributed by atoms with Gasteiger partial charge in [-0.05, 0) is 5.56 Å². The van der Waals surface area contributed by atoms with E-state index in [2.05, 4.69) is 4.90 Å². The Labute approximate surface area is 143 Å². The van der Waals surface area contributed by atoms with Gasteiger partial charge in [-0.3, -0.25) is 14.5 Å². The Morgan fingerprint density at radius 1 is 1.08 bits per heavy atom. The van der Waals surface area contributed by atoms with Crippen LogP contribution in [-0.4, -0.2) is 79.0 Å². The van der Waals surface area contributed by atoms with Gasteiger partial charge in [0.2, 0.25) is 11.8 Å². The van der Waals surface area contributed by atoms with Crippen molar-refractivity contribution in [3.8, 4) is 0 Å². The van der Waals surface area contributed by atoms with Gasteiger partial charge in [-0.2, -0.15) is 0 Å². The lowest BCUT2D eigenvalue weighted by Gasteiger charge is -2.41. The predicted molar refractivity (Wildman–Crippen MR) is 90.4 cm³/mol. The number of piperazine rings is 1. The van der Waals surface area contributed by atoms with E-state index in [-0.39, 0.29) is 17.9 Å². The van der Waals surface area contributed by atoms with Crippen LogP contribution >= 0.6 is 0 Å². The van der Waals surface area contributed by atoms with Crippen molar-refractivity contribution in [2.45, 2.75) is 13.0 Å². The van der Waals surface area contributed by atoms with E-state index < -0.39 is 0 Å². The molecule has 2 aliphatic rings. The van der Waals surface area contributed by atoms with Gasteiger partial charge in [0, 0.05) is 39.6 Å². The molecule has 1 aromatic rings. The van der Waals surface area contributed by atoms with Crippen LogP contribution < -0.4 is 0 Å². The lowest BCUT2D eigenvalue weighted by atomic mass is 10.0. The van der Waals surface area contributed by atoms with Crippen LogP contribution in [0.3, 0.4) is 0 Å². The van der Waals surface area contributed by atoms with Crippen LogP contribution in [0.15, 0.2) is 30.3 Å². The molecule has 6 heteroatoms. The molecular formula is C18H25N3O3. The van der Waals surface area contributed by atoms with Gasteiger partial charge in [0.25, 0.3) is 0 Å². The van der Waals surface area contributed by atoms with E-state index in [0.29, 0.717) is 45.9 Å². The number of nitrogens with zero attached hydrogens (tertiary/aromatic N) is 3. The molecule has 0 aliphatic carbocycles. The maximum absolute atomic E-state index is 12.5. The maximum Gasteiger partial charge on any atom is 0.236 e. The largest absolute Gasteiger partial charge is 0.378 e. The van der Waals surface area contributed by atoms with Gasteiger partial charge in [-0.1, -0.05) is 30.3 Å². The molecule has 0 aromatic heterocycles. The SMILES string of the molecule is CC(=O)N1CCN(CC(=O)N2CCOCC2)C[C@@H]1c1ccccc1. The smallest absolute Gasteiger partial charge is 0.236 e. The van der Waals surface area contributed by atoms with Crippen LogP contribution in [0.1, 0.15) is 18.5 Å². The number of carbonyl (C=O) groups is 2. The van der Waals surface area contributed by atoms with Crippen molar-refractivity contribution in [3.05, 3.63) is 35.9 Å². The second-order valence-corrected chi connectivity index (χ2v) is 6.37. The average Bonchev–Trinajstić information content (AvgIpc) is 2.63. The molecular weight excluding hydrogens is 306 g/mol. The summed E-state index contributed by atoms with van der Waals surface area (Å²) in [6, 6.07) is 10.1. The summed E-state index contributed by atoms with van der Waals surface area (Å²) in [5.74, 6) is 0.240. The summed E-state index contributed by atoms with van der Waals surface area (Å²) in [7, 11) is 0. The van der Waals surface area contributed by atoms with Crippen molar-refractivity contribution < 1.29 is 14.3 Å². The van der Waals surface area contributed by atoms with Crippen molar-refractivity contribution >= 4 is 11.8 Å². The number of hydrogen-bond donors (Lipinski definition) is 0. The van der Waals surface area contributed by atoms with Gasteiger partial charge < -0.3 is 14.5 Å². The van der Waals surface area contributed by atoms with Crippen LogP contribution in [0.4, 0.5) is 0 Å². The number of hydrogen-bond acceptors (Lipinski definition) is 4. The summed E-state index contributed by atoms with van der Waals surface area (Å²) in [6.07, 6.45) is 0. The molecule has 2 saturated heterocycles. The van der Waals surface area contributed by atoms with E-state index in [4.69, 9.17) is 4.74 Å². The summed E-state index contributed by atoms with van der Waals surface area (Å²) < 4.78 is 5.30. The summed E-state index contributed by atoms with van der Waals surface area (Å²) in [5, 5.41) is 0. The molecule has 24 heavy (non-hydrogen) atoms. The van der Waals surface area contributed by atoms with E-state index in [1.807, 2.05) is 40.1 Å². The zero-order valence-corrected chi connectivity index (χ0v) is 14.2. The summed E-state index contributed by atoms with van der Waals surface area (Å²) in [6.45, 7) is 6.71. The van der Waals surface area contributed by atoms with Gasteiger partial charge >= 0.3 is 0 Å². The van der Waals surface area contributed by atoms with Gasteiger partial charge in [-0.25, -0.2) is 0 Å². The fourth-order valence-electron chi connectivity index (χ4n) is 3.42. The van der Waals surface area contributed by atoms with Crippen molar-refractivity contribution in [2.75, 3.05) is 52.5 Å². The summed E-state index contributed by atoms with van der Waals surface area (Å²) >= 11 is 0. The lowest BCUT2D eigenvalue weighted by molar-refractivity contribution is -0.139. The molecule has 1 aromatic carbocycles. The van der Waals surface area contributed by atoms with Gasteiger partial charge in [-0.15, -0.1) is 0 Å². The standard InChI is InChI=1S/C18H25N3O3/c1-15(22)21-8-7-19(13-17(21)16-5-3-2-4-6-16)14-18(23)20-9-11-24-12-10-20/h2-6,17H,7-14H2,1H3/t17-/m1/s1. The van der Waals surface area contributed by atoms with Crippen LogP contribution in [0.25, 0.3) is 0 Å². The van der Waals surface area contributed by atoms with E-state index in [1.54, 1.807) is 6.92 Å². The highest BCUT2D eigenvalue weighted by Gasteiger charge is 2.31. The van der Waals surface area contributed by atoms with Gasteiger partial charge in [0.1, 0.15) is 0 Å². The highest BCUT2D eigenvalue weighted by atomic mass is 16.5. The molecule has 2 heterocycles. The second-order valence-electron chi connectivity index (χ2n) is 6.37. The van der Waals surface area contributed by atoms with E-state index in [9.17, 15) is 9.59 Å². The molecule has 0 spiro atoms. The fraction of sp³-hybridized carbons (Fsp3) is 0.556. The van der Waals surface area contributed by atoms with Crippen LogP contribution in [-0.2, 0) is 14.3 Å². The van der Waals surface area contributed by atoms with Crippen molar-refractivity contribution in [3.63, 3.8) is 0 Å². The zero-order chi connectivity index (χ0) is 16.9. The van der Waals surface area contributed by atoms with Crippen LogP contribution in [0.2, 0.25) is 0 Å². The molecule has 6 nitrogen and oxygen atoms in total. The van der Waals surface area contributed by atoms with Gasteiger partial charge in [0.15, 0.2) is 0 Å². The number of morpholine rings is 1. The monoisotopic (exact) mass is 331 g/mol. The Morgan fingerprint density at radius 3 is 2.46 bits per heavy atom. The highest BCUT2D eigenvalue weighted by Crippen LogP contribution is 2.25. The highest BCUT2D eigenvalue weighted by molar-refractivity contribution is 5.78. The first-order valence-electron chi connectivity index (χ1n) is 8.55. The number of benzene rings is 1. The first-order chi connectivity index (χ1) is 11.6. The Kier molecular flexibility index (Phi) is 5.48. The summed E-state index contributed by atoms with van der Waals surface area (Å²) in [5.41, 5.74) is 1.12. The molecule has 130 valence electrons. The van der Waals surface area contributed by atoms with Crippen molar-refractivity contribution in [2.24, 2.45) is 0 Å². The Bertz CT molecular complexity index is 572. The molecule has 3 rings (SSSR count). The van der Waals surface area contributed by atoms with Gasteiger partial charge in [0.05, 0.1) is 25.8 Å². The third-order valence-electron chi connectivity index (χ3n) is 4.78. The molecule has 0 unspecified atom stereocenters. The number of rotatable bonds is 3. The molecule has 2 fully saturated rings. The Morgan fingerprint density at radius 2 is 1.79 bits per heavy atom. The Balaban J connectivity index is 1.66. The Hall–Kier alpha value is -1.92. The van der Waals surface area contributed by atoms with Crippen LogP contribution in [0, 0.1) is 0 Å². The minimum absolute atomic E-state index is 0.00920. The van der Waals surface area contributed by atoms with Crippen LogP contribution in [0.5, 0.6) is 0 Å². The van der Waals surface area contributed by atoms with E-state index >= 15 is 0 Å². The summed E-state index contributed by atoms with van der Waals surface area (Å²) in [4.78, 5) is 30.4. The minimum atomic E-state index is 0.00920. The molecule has 2 aliphatic heterocycles. The fourth-order valence-corrected chi connectivity index (χ4v) is 3.42. The molecule has 0 saturated carbocycles. The topological polar surface area (TPSA) is 53.1 Å². The second kappa shape index (κ2) is 7.77. The molecule has 1 atom stereocenters. The molecule has 0 radical (unpaired) electrons. The lowest BCUT2D eigenvalue weighted by Crippen LogP contribution is -2.53. The quantitative estimate of drug-likeness (QED) is 0.820. The third kappa shape index (κ3) is 3.94. The maximum atomic E-state index is 12.5. The first-order valence-corrected chi connectivity index (χ1v) is 8.55.